The molecule has 6 nitrogen and oxygen atoms in total. The minimum absolute atomic E-state index is 0.376. The lowest BCUT2D eigenvalue weighted by Gasteiger charge is -2.24. The van der Waals surface area contributed by atoms with Crippen molar-refractivity contribution in [1.82, 2.24) is 4.98 Å². The second kappa shape index (κ2) is 7.65. The second-order valence-electron chi connectivity index (χ2n) is 3.93. The van der Waals surface area contributed by atoms with Gasteiger partial charge in [0.2, 0.25) is 0 Å². The number of nitrogens with two attached hydrogens (primary N) is 2. The van der Waals surface area contributed by atoms with E-state index in [0.717, 1.165) is 0 Å². The molecule has 1 heterocycles. The molecule has 104 valence electrons. The summed E-state index contributed by atoms with van der Waals surface area (Å²) < 4.78 is 5.05. The van der Waals surface area contributed by atoms with Crippen LogP contribution in [0.15, 0.2) is 18.3 Å². The Balaban J connectivity index is 2.95. The molecule has 0 saturated heterocycles. The van der Waals surface area contributed by atoms with Crippen LogP contribution in [0.3, 0.4) is 0 Å². The average molecular weight is 282 g/mol. The van der Waals surface area contributed by atoms with Gasteiger partial charge >= 0.3 is 0 Å². The Labute approximate surface area is 117 Å². The van der Waals surface area contributed by atoms with E-state index in [4.69, 9.17) is 28.4 Å². The number of rotatable bonds is 8. The number of nitrogens with zero attached hydrogens (tertiary/aromatic N) is 2. The third-order valence-electron chi connectivity index (χ3n) is 2.55. The van der Waals surface area contributed by atoms with Crippen LogP contribution in [0.2, 0.25) is 0 Å². The fourth-order valence-electron chi connectivity index (χ4n) is 1.61. The Hall–Kier alpha value is -1.73. The summed E-state index contributed by atoms with van der Waals surface area (Å²) in [6.45, 7) is 1.65. The van der Waals surface area contributed by atoms with Crippen LogP contribution < -0.4 is 16.4 Å². The highest BCUT2D eigenvalue weighted by Crippen LogP contribution is 2.16. The van der Waals surface area contributed by atoms with Gasteiger partial charge in [0.1, 0.15) is 5.82 Å². The molecule has 0 aliphatic carbocycles. The normalized spacial score (nSPS) is 10.2. The van der Waals surface area contributed by atoms with Crippen molar-refractivity contribution in [2.75, 3.05) is 31.7 Å². The lowest BCUT2D eigenvalue weighted by molar-refractivity contribution is 0.100. The Morgan fingerprint density at radius 2 is 2.21 bits per heavy atom. The average Bonchev–Trinajstić information content (AvgIpc) is 2.38. The van der Waals surface area contributed by atoms with Crippen molar-refractivity contribution in [3.63, 3.8) is 0 Å². The minimum atomic E-state index is -0.513. The molecular formula is C12H18N4O2S. The zero-order valence-corrected chi connectivity index (χ0v) is 11.7. The van der Waals surface area contributed by atoms with Crippen molar-refractivity contribution in [2.24, 2.45) is 11.5 Å². The summed E-state index contributed by atoms with van der Waals surface area (Å²) in [5.41, 5.74) is 11.2. The van der Waals surface area contributed by atoms with Crippen molar-refractivity contribution in [2.45, 2.75) is 6.42 Å². The van der Waals surface area contributed by atoms with Crippen molar-refractivity contribution < 1.29 is 9.53 Å². The number of anilines is 1. The molecule has 19 heavy (non-hydrogen) atoms. The van der Waals surface area contributed by atoms with E-state index in [0.29, 0.717) is 42.5 Å². The summed E-state index contributed by atoms with van der Waals surface area (Å²) in [6, 6.07) is 3.32. The summed E-state index contributed by atoms with van der Waals surface area (Å²) in [5.74, 6) is 0.0177. The first kappa shape index (κ1) is 15.3. The minimum Gasteiger partial charge on any atom is -0.393 e. The fraction of sp³-hybridized carbons (Fsp3) is 0.417. The molecule has 1 amide bonds. The third kappa shape index (κ3) is 4.80. The first-order chi connectivity index (χ1) is 9.06. The fourth-order valence-corrected chi connectivity index (χ4v) is 1.70. The maximum absolute atomic E-state index is 11.4. The van der Waals surface area contributed by atoms with Gasteiger partial charge < -0.3 is 21.1 Å². The molecule has 4 N–H and O–H groups in total. The van der Waals surface area contributed by atoms with Gasteiger partial charge in [-0.25, -0.2) is 4.98 Å². The number of pyridine rings is 1. The van der Waals surface area contributed by atoms with Gasteiger partial charge in [-0.1, -0.05) is 12.2 Å². The highest BCUT2D eigenvalue weighted by atomic mass is 32.1. The molecule has 0 spiro atoms. The van der Waals surface area contributed by atoms with Crippen molar-refractivity contribution in [3.8, 4) is 0 Å². The summed E-state index contributed by atoms with van der Waals surface area (Å²) >= 11 is 4.87. The molecule has 0 atom stereocenters. The van der Waals surface area contributed by atoms with Crippen LogP contribution in [0.1, 0.15) is 16.8 Å². The van der Waals surface area contributed by atoms with Gasteiger partial charge in [-0.2, -0.15) is 0 Å². The number of ether oxygens (including phenoxy) is 1. The van der Waals surface area contributed by atoms with Gasteiger partial charge in [-0.05, 0) is 12.1 Å². The van der Waals surface area contributed by atoms with Gasteiger partial charge in [0.05, 0.1) is 17.2 Å². The molecule has 1 rings (SSSR count). The number of hydrogen-bond acceptors (Lipinski definition) is 5. The van der Waals surface area contributed by atoms with E-state index < -0.39 is 5.91 Å². The highest BCUT2D eigenvalue weighted by Gasteiger charge is 2.15. The van der Waals surface area contributed by atoms with E-state index in [1.165, 1.54) is 0 Å². The van der Waals surface area contributed by atoms with Crippen LogP contribution in [0.5, 0.6) is 0 Å². The van der Waals surface area contributed by atoms with Crippen molar-refractivity contribution in [3.05, 3.63) is 23.9 Å². The van der Waals surface area contributed by atoms with Gasteiger partial charge in [0.25, 0.3) is 5.91 Å². The predicted octanol–water partition coefficient (Wildman–Crippen LogP) is 0.310. The molecule has 1 aromatic rings. The molecule has 7 heteroatoms. The molecule has 0 aliphatic rings. The topological polar surface area (TPSA) is 94.5 Å². The summed E-state index contributed by atoms with van der Waals surface area (Å²) in [4.78, 5) is 17.9. The van der Waals surface area contributed by atoms with E-state index in [-0.39, 0.29) is 0 Å². The van der Waals surface area contributed by atoms with E-state index in [1.54, 1.807) is 25.4 Å². The second-order valence-corrected chi connectivity index (χ2v) is 4.46. The van der Waals surface area contributed by atoms with Gasteiger partial charge in [-0.3, -0.25) is 4.79 Å². The first-order valence-electron chi connectivity index (χ1n) is 5.83. The van der Waals surface area contributed by atoms with Gasteiger partial charge in [0.15, 0.2) is 0 Å². The molecule has 1 aromatic heterocycles. The van der Waals surface area contributed by atoms with Crippen LogP contribution in [0.25, 0.3) is 0 Å². The van der Waals surface area contributed by atoms with Gasteiger partial charge in [0, 0.05) is 32.8 Å². The molecular weight excluding hydrogens is 264 g/mol. The third-order valence-corrected chi connectivity index (χ3v) is 2.75. The number of aromatic nitrogens is 1. The summed E-state index contributed by atoms with van der Waals surface area (Å²) in [5, 5.41) is 0. The SMILES string of the molecule is COCCN(CCC(N)=S)c1ncccc1C(N)=O. The highest BCUT2D eigenvalue weighted by molar-refractivity contribution is 7.80. The van der Waals surface area contributed by atoms with Crippen molar-refractivity contribution in [1.29, 1.82) is 0 Å². The first-order valence-corrected chi connectivity index (χ1v) is 6.24. The largest absolute Gasteiger partial charge is 0.393 e. The standard InChI is InChI=1S/C12H18N4O2S/c1-18-8-7-16(6-4-10(13)19)12-9(11(14)17)3-2-5-15-12/h2-3,5H,4,6-8H2,1H3,(H2,13,19)(H2,14,17). The molecule has 0 unspecified atom stereocenters. The van der Waals surface area contributed by atoms with Crippen LogP contribution in [-0.2, 0) is 4.74 Å². The van der Waals surface area contributed by atoms with Crippen molar-refractivity contribution >= 4 is 28.9 Å². The Kier molecular flexibility index (Phi) is 6.17. The van der Waals surface area contributed by atoms with E-state index in [2.05, 4.69) is 4.98 Å². The molecule has 0 aromatic carbocycles. The molecule has 0 bridgehead atoms. The zero-order chi connectivity index (χ0) is 14.3. The van der Waals surface area contributed by atoms with E-state index >= 15 is 0 Å². The number of primary amides is 1. The van der Waals surface area contributed by atoms with Crippen LogP contribution >= 0.6 is 12.2 Å². The number of hydrogen-bond donors (Lipinski definition) is 2. The molecule has 0 fully saturated rings. The maximum Gasteiger partial charge on any atom is 0.252 e. The Morgan fingerprint density at radius 3 is 2.79 bits per heavy atom. The molecule has 0 radical (unpaired) electrons. The zero-order valence-electron chi connectivity index (χ0n) is 10.8. The molecule has 0 aliphatic heterocycles. The van der Waals surface area contributed by atoms with Gasteiger partial charge in [-0.15, -0.1) is 0 Å². The number of carbonyl (C=O) groups is 1. The number of methoxy groups -OCH3 is 1. The van der Waals surface area contributed by atoms with Crippen LogP contribution in [0, 0.1) is 0 Å². The van der Waals surface area contributed by atoms with Crippen LogP contribution in [0.4, 0.5) is 5.82 Å². The predicted molar refractivity (Wildman–Crippen MR) is 78.2 cm³/mol. The number of carbonyl (C=O) groups excluding carboxylic acids is 1. The lowest BCUT2D eigenvalue weighted by atomic mass is 10.2. The maximum atomic E-state index is 11.4. The summed E-state index contributed by atoms with van der Waals surface area (Å²) in [6.07, 6.45) is 2.15. The lowest BCUT2D eigenvalue weighted by Crippen LogP contribution is -2.33. The smallest absolute Gasteiger partial charge is 0.252 e. The Bertz CT molecular complexity index is 453. The Morgan fingerprint density at radius 1 is 1.47 bits per heavy atom. The van der Waals surface area contributed by atoms with Crippen LogP contribution in [-0.4, -0.2) is 42.7 Å². The van der Waals surface area contributed by atoms with E-state index in [9.17, 15) is 4.79 Å². The molecule has 0 saturated carbocycles. The number of thiocarbonyl (C=S) groups is 1. The quantitative estimate of drug-likeness (QED) is 0.666. The monoisotopic (exact) mass is 282 g/mol. The summed E-state index contributed by atoms with van der Waals surface area (Å²) in [7, 11) is 1.61. The number of amides is 1. The van der Waals surface area contributed by atoms with E-state index in [1.807, 2.05) is 4.90 Å².